The Kier molecular flexibility index (Phi) is 5.90. The Bertz CT molecular complexity index is 386. The average molecular weight is 314 g/mol. The topological polar surface area (TPSA) is 59.6 Å². The summed E-state index contributed by atoms with van der Waals surface area (Å²) in [6, 6.07) is 0.406. The molecule has 2 atom stereocenters. The molecule has 5 heteroatoms. The van der Waals surface area contributed by atoms with E-state index in [-0.39, 0.29) is 17.0 Å². The van der Waals surface area contributed by atoms with Crippen LogP contribution in [0.3, 0.4) is 0 Å². The molecule has 1 saturated carbocycles. The van der Waals surface area contributed by atoms with Gasteiger partial charge in [0, 0.05) is 24.6 Å². The van der Waals surface area contributed by atoms with Crippen LogP contribution in [0.15, 0.2) is 0 Å². The third-order valence-electron chi connectivity index (χ3n) is 4.18. The summed E-state index contributed by atoms with van der Waals surface area (Å²) < 4.78 is 11.1. The molecule has 5 nitrogen and oxygen atoms in total. The highest BCUT2D eigenvalue weighted by Gasteiger charge is 2.48. The molecule has 0 heterocycles. The van der Waals surface area contributed by atoms with Crippen LogP contribution in [-0.4, -0.2) is 42.5 Å². The van der Waals surface area contributed by atoms with Crippen molar-refractivity contribution in [2.24, 2.45) is 5.41 Å². The van der Waals surface area contributed by atoms with E-state index in [4.69, 9.17) is 9.47 Å². The van der Waals surface area contributed by atoms with Crippen LogP contribution in [0, 0.1) is 5.41 Å². The summed E-state index contributed by atoms with van der Waals surface area (Å²) in [4.78, 5) is 11.9. The fraction of sp³-hybridized carbons (Fsp3) is 0.941. The normalized spacial score (nSPS) is 24.5. The van der Waals surface area contributed by atoms with Gasteiger partial charge in [-0.2, -0.15) is 0 Å². The molecule has 0 aliphatic heterocycles. The predicted octanol–water partition coefficient (Wildman–Crippen LogP) is 3.08. The number of hydrogen-bond donors (Lipinski definition) is 2. The number of rotatable bonds is 6. The van der Waals surface area contributed by atoms with Gasteiger partial charge in [0.05, 0.1) is 11.6 Å². The first-order valence-electron chi connectivity index (χ1n) is 8.23. The lowest BCUT2D eigenvalue weighted by atomic mass is 9.64. The van der Waals surface area contributed by atoms with Crippen LogP contribution < -0.4 is 10.6 Å². The Hall–Kier alpha value is -0.810. The Balaban J connectivity index is 2.42. The van der Waals surface area contributed by atoms with Crippen LogP contribution in [0.4, 0.5) is 4.79 Å². The van der Waals surface area contributed by atoms with Gasteiger partial charge >= 0.3 is 6.09 Å². The predicted molar refractivity (Wildman–Crippen MR) is 89.1 cm³/mol. The number of nitrogens with one attached hydrogen (secondary N) is 2. The van der Waals surface area contributed by atoms with E-state index in [1.807, 2.05) is 41.5 Å². The molecule has 1 rings (SSSR count). The van der Waals surface area contributed by atoms with Crippen molar-refractivity contribution in [3.05, 3.63) is 0 Å². The van der Waals surface area contributed by atoms with Crippen LogP contribution in [-0.2, 0) is 9.47 Å². The molecule has 1 fully saturated rings. The standard InChI is InChI=1S/C17H34N2O3/c1-9-21-13-10-12(17(13,7)8)18-11-16(5,6)19-14(20)22-15(2,3)4/h12-13,18H,9-11H2,1-8H3,(H,19,20). The molecule has 0 bridgehead atoms. The molecule has 0 radical (unpaired) electrons. The summed E-state index contributed by atoms with van der Waals surface area (Å²) in [7, 11) is 0. The minimum atomic E-state index is -0.478. The van der Waals surface area contributed by atoms with Gasteiger partial charge in [-0.05, 0) is 48.0 Å². The maximum Gasteiger partial charge on any atom is 0.408 e. The molecule has 0 spiro atoms. The second-order valence-corrected chi connectivity index (χ2v) is 8.45. The maximum absolute atomic E-state index is 11.9. The van der Waals surface area contributed by atoms with Crippen LogP contribution in [0.5, 0.6) is 0 Å². The van der Waals surface area contributed by atoms with Crippen LogP contribution in [0.25, 0.3) is 0 Å². The molecule has 2 unspecified atom stereocenters. The zero-order valence-electron chi connectivity index (χ0n) is 15.5. The molecule has 2 N–H and O–H groups in total. The van der Waals surface area contributed by atoms with Gasteiger partial charge in [-0.15, -0.1) is 0 Å². The van der Waals surface area contributed by atoms with Crippen molar-refractivity contribution in [1.29, 1.82) is 0 Å². The van der Waals surface area contributed by atoms with E-state index < -0.39 is 5.60 Å². The van der Waals surface area contributed by atoms with Crippen LogP contribution in [0.1, 0.15) is 61.8 Å². The van der Waals surface area contributed by atoms with Gasteiger partial charge in [0.2, 0.25) is 0 Å². The second-order valence-electron chi connectivity index (χ2n) is 8.45. The van der Waals surface area contributed by atoms with E-state index in [1.54, 1.807) is 0 Å². The minimum absolute atomic E-state index is 0.123. The van der Waals surface area contributed by atoms with Crippen molar-refractivity contribution in [1.82, 2.24) is 10.6 Å². The number of alkyl carbamates (subject to hydrolysis) is 1. The molecule has 130 valence electrons. The summed E-state index contributed by atoms with van der Waals surface area (Å²) >= 11 is 0. The monoisotopic (exact) mass is 314 g/mol. The summed E-state index contributed by atoms with van der Waals surface area (Å²) in [5, 5.41) is 6.48. The van der Waals surface area contributed by atoms with Crippen molar-refractivity contribution in [2.45, 2.75) is 85.1 Å². The number of carbonyl (C=O) groups excluding carboxylic acids is 1. The van der Waals surface area contributed by atoms with E-state index in [0.29, 0.717) is 18.7 Å². The Morgan fingerprint density at radius 2 is 1.82 bits per heavy atom. The average Bonchev–Trinajstić information content (AvgIpc) is 2.29. The van der Waals surface area contributed by atoms with Gasteiger partial charge in [-0.25, -0.2) is 4.79 Å². The number of amides is 1. The molecule has 0 aromatic carbocycles. The number of carbonyl (C=O) groups is 1. The van der Waals surface area contributed by atoms with Gasteiger partial charge in [0.1, 0.15) is 5.60 Å². The Morgan fingerprint density at radius 1 is 1.23 bits per heavy atom. The van der Waals surface area contributed by atoms with Crippen LogP contribution in [0.2, 0.25) is 0 Å². The third-order valence-corrected chi connectivity index (χ3v) is 4.18. The second kappa shape index (κ2) is 6.75. The molecule has 0 aromatic rings. The zero-order valence-corrected chi connectivity index (χ0v) is 15.5. The van der Waals surface area contributed by atoms with E-state index in [2.05, 4.69) is 24.5 Å². The number of hydrogen-bond acceptors (Lipinski definition) is 4. The quantitative estimate of drug-likeness (QED) is 0.791. The molecule has 1 amide bonds. The first-order valence-corrected chi connectivity index (χ1v) is 8.23. The summed E-state index contributed by atoms with van der Waals surface area (Å²) in [5.41, 5.74) is -0.721. The lowest BCUT2D eigenvalue weighted by Crippen LogP contribution is -2.64. The van der Waals surface area contributed by atoms with E-state index >= 15 is 0 Å². The highest BCUT2D eigenvalue weighted by molar-refractivity contribution is 5.68. The zero-order chi connectivity index (χ0) is 17.2. The van der Waals surface area contributed by atoms with Gasteiger partial charge in [0.15, 0.2) is 0 Å². The Labute approximate surface area is 135 Å². The highest BCUT2D eigenvalue weighted by atomic mass is 16.6. The maximum atomic E-state index is 11.9. The third kappa shape index (κ3) is 5.43. The molecular formula is C17H34N2O3. The summed E-state index contributed by atoms with van der Waals surface area (Å²) in [5.74, 6) is 0. The fourth-order valence-corrected chi connectivity index (χ4v) is 2.72. The molecular weight excluding hydrogens is 280 g/mol. The van der Waals surface area contributed by atoms with Gasteiger partial charge in [0.25, 0.3) is 0 Å². The van der Waals surface area contributed by atoms with Crippen molar-refractivity contribution < 1.29 is 14.3 Å². The smallest absolute Gasteiger partial charge is 0.408 e. The number of ether oxygens (including phenoxy) is 2. The van der Waals surface area contributed by atoms with Gasteiger partial charge < -0.3 is 20.1 Å². The molecule has 1 aliphatic carbocycles. The molecule has 1 aliphatic rings. The molecule has 0 saturated heterocycles. The van der Waals surface area contributed by atoms with Crippen molar-refractivity contribution >= 4 is 6.09 Å². The molecule has 22 heavy (non-hydrogen) atoms. The van der Waals surface area contributed by atoms with Crippen molar-refractivity contribution in [2.75, 3.05) is 13.2 Å². The first-order chi connectivity index (χ1) is 9.87. The minimum Gasteiger partial charge on any atom is -0.444 e. The molecule has 0 aromatic heterocycles. The van der Waals surface area contributed by atoms with Crippen molar-refractivity contribution in [3.8, 4) is 0 Å². The first kappa shape index (κ1) is 19.2. The van der Waals surface area contributed by atoms with Gasteiger partial charge in [-0.1, -0.05) is 13.8 Å². The lowest BCUT2D eigenvalue weighted by molar-refractivity contribution is -0.114. The Morgan fingerprint density at radius 3 is 2.27 bits per heavy atom. The highest BCUT2D eigenvalue weighted by Crippen LogP contribution is 2.42. The fourth-order valence-electron chi connectivity index (χ4n) is 2.72. The SMILES string of the molecule is CCOC1CC(NCC(C)(C)NC(=O)OC(C)(C)C)C1(C)C. The summed E-state index contributed by atoms with van der Waals surface area (Å²) in [6.07, 6.45) is 0.958. The van der Waals surface area contributed by atoms with Crippen molar-refractivity contribution in [3.63, 3.8) is 0 Å². The lowest BCUT2D eigenvalue weighted by Gasteiger charge is -2.52. The van der Waals surface area contributed by atoms with Crippen LogP contribution >= 0.6 is 0 Å². The van der Waals surface area contributed by atoms with E-state index in [9.17, 15) is 4.79 Å². The van der Waals surface area contributed by atoms with Gasteiger partial charge in [-0.3, -0.25) is 0 Å². The largest absolute Gasteiger partial charge is 0.444 e. The van der Waals surface area contributed by atoms with E-state index in [1.165, 1.54) is 0 Å². The summed E-state index contributed by atoms with van der Waals surface area (Å²) in [6.45, 7) is 17.5. The van der Waals surface area contributed by atoms with E-state index in [0.717, 1.165) is 13.0 Å².